The van der Waals surface area contributed by atoms with E-state index in [1.807, 2.05) is 24.3 Å². The number of hydrogen-bond acceptors (Lipinski definition) is 2. The van der Waals surface area contributed by atoms with E-state index in [4.69, 9.17) is 22.1 Å². The van der Waals surface area contributed by atoms with Crippen molar-refractivity contribution < 1.29 is 4.74 Å². The predicted molar refractivity (Wildman–Crippen MR) is 73.2 cm³/mol. The first-order chi connectivity index (χ1) is 8.03. The summed E-state index contributed by atoms with van der Waals surface area (Å²) in [6.45, 7) is 6.49. The molecular formula is C14H22ClNO. The van der Waals surface area contributed by atoms with Gasteiger partial charge in [-0.25, -0.2) is 0 Å². The molecule has 17 heavy (non-hydrogen) atoms. The van der Waals surface area contributed by atoms with Gasteiger partial charge >= 0.3 is 0 Å². The Morgan fingerprint density at radius 2 is 2.12 bits per heavy atom. The number of rotatable bonds is 7. The van der Waals surface area contributed by atoms with Crippen LogP contribution in [0.1, 0.15) is 32.3 Å². The first-order valence-corrected chi connectivity index (χ1v) is 6.43. The third-order valence-corrected chi connectivity index (χ3v) is 3.09. The van der Waals surface area contributed by atoms with E-state index in [9.17, 15) is 0 Å². The summed E-state index contributed by atoms with van der Waals surface area (Å²) >= 11 is 5.89. The molecule has 3 heteroatoms. The van der Waals surface area contributed by atoms with Crippen molar-refractivity contribution in [3.63, 3.8) is 0 Å². The van der Waals surface area contributed by atoms with E-state index in [0.717, 1.165) is 36.6 Å². The van der Waals surface area contributed by atoms with Crippen molar-refractivity contribution in [1.82, 2.24) is 0 Å². The summed E-state index contributed by atoms with van der Waals surface area (Å²) in [6, 6.07) is 7.77. The van der Waals surface area contributed by atoms with Gasteiger partial charge in [0.25, 0.3) is 0 Å². The minimum Gasteiger partial charge on any atom is -0.377 e. The van der Waals surface area contributed by atoms with Crippen molar-refractivity contribution in [1.29, 1.82) is 0 Å². The van der Waals surface area contributed by atoms with E-state index in [-0.39, 0.29) is 5.41 Å². The molecular weight excluding hydrogens is 234 g/mol. The molecule has 0 aromatic heterocycles. The number of halogens is 1. The van der Waals surface area contributed by atoms with Gasteiger partial charge in [0, 0.05) is 11.6 Å². The van der Waals surface area contributed by atoms with Crippen LogP contribution in [-0.4, -0.2) is 13.2 Å². The molecule has 0 aliphatic rings. The van der Waals surface area contributed by atoms with Crippen LogP contribution in [0.15, 0.2) is 24.3 Å². The van der Waals surface area contributed by atoms with Gasteiger partial charge in [-0.05, 0) is 42.5 Å². The highest BCUT2D eigenvalue weighted by Gasteiger charge is 2.14. The molecule has 1 aromatic carbocycles. The van der Waals surface area contributed by atoms with E-state index < -0.39 is 0 Å². The highest BCUT2D eigenvalue weighted by atomic mass is 35.5. The quantitative estimate of drug-likeness (QED) is 0.756. The predicted octanol–water partition coefficient (Wildman–Crippen LogP) is 3.62. The van der Waals surface area contributed by atoms with Crippen LogP contribution in [0, 0.1) is 5.41 Å². The van der Waals surface area contributed by atoms with Gasteiger partial charge in [0.15, 0.2) is 0 Å². The molecule has 0 saturated carbocycles. The number of hydrogen-bond donors (Lipinski definition) is 1. The lowest BCUT2D eigenvalue weighted by atomic mass is 9.88. The lowest BCUT2D eigenvalue weighted by molar-refractivity contribution is 0.109. The fourth-order valence-electron chi connectivity index (χ4n) is 1.57. The molecule has 2 nitrogen and oxygen atoms in total. The van der Waals surface area contributed by atoms with Crippen LogP contribution in [0.2, 0.25) is 5.02 Å². The maximum absolute atomic E-state index is 5.89. The van der Waals surface area contributed by atoms with E-state index in [1.165, 1.54) is 0 Å². The number of ether oxygens (including phenoxy) is 1. The van der Waals surface area contributed by atoms with Crippen LogP contribution in [-0.2, 0) is 11.3 Å². The van der Waals surface area contributed by atoms with Gasteiger partial charge in [0.1, 0.15) is 0 Å². The smallest absolute Gasteiger partial charge is 0.0717 e. The highest BCUT2D eigenvalue weighted by molar-refractivity contribution is 6.30. The third-order valence-electron chi connectivity index (χ3n) is 2.85. The number of benzene rings is 1. The van der Waals surface area contributed by atoms with Gasteiger partial charge < -0.3 is 10.5 Å². The Hall–Kier alpha value is -0.570. The first kappa shape index (κ1) is 14.5. The second-order valence-electron chi connectivity index (χ2n) is 5.15. The maximum Gasteiger partial charge on any atom is 0.0717 e. The summed E-state index contributed by atoms with van der Waals surface area (Å²) in [5.41, 5.74) is 7.02. The summed E-state index contributed by atoms with van der Waals surface area (Å²) in [5.74, 6) is 0. The Labute approximate surface area is 109 Å². The summed E-state index contributed by atoms with van der Waals surface area (Å²) in [6.07, 6.45) is 2.14. The van der Waals surface area contributed by atoms with Crippen LogP contribution >= 0.6 is 11.6 Å². The van der Waals surface area contributed by atoms with Crippen LogP contribution in [0.5, 0.6) is 0 Å². The highest BCUT2D eigenvalue weighted by Crippen LogP contribution is 2.20. The average Bonchev–Trinajstić information content (AvgIpc) is 2.29. The normalized spacial score (nSPS) is 11.8. The molecule has 2 N–H and O–H groups in total. The van der Waals surface area contributed by atoms with Crippen molar-refractivity contribution in [2.75, 3.05) is 13.2 Å². The molecule has 0 radical (unpaired) electrons. The molecule has 0 bridgehead atoms. The summed E-state index contributed by atoms with van der Waals surface area (Å²) in [5, 5.41) is 0.760. The van der Waals surface area contributed by atoms with Crippen molar-refractivity contribution in [2.24, 2.45) is 11.1 Å². The Morgan fingerprint density at radius 3 is 2.76 bits per heavy atom. The molecule has 0 spiro atoms. The molecule has 0 heterocycles. The van der Waals surface area contributed by atoms with E-state index in [1.54, 1.807) is 0 Å². The molecule has 0 saturated heterocycles. The summed E-state index contributed by atoms with van der Waals surface area (Å²) < 4.78 is 5.62. The summed E-state index contributed by atoms with van der Waals surface area (Å²) in [4.78, 5) is 0. The Bertz CT molecular complexity index is 339. The minimum absolute atomic E-state index is 0.222. The lowest BCUT2D eigenvalue weighted by Crippen LogP contribution is -2.23. The average molecular weight is 256 g/mol. The summed E-state index contributed by atoms with van der Waals surface area (Å²) in [7, 11) is 0. The lowest BCUT2D eigenvalue weighted by Gasteiger charge is -2.21. The molecule has 0 aliphatic heterocycles. The van der Waals surface area contributed by atoms with Gasteiger partial charge in [-0.15, -0.1) is 0 Å². The van der Waals surface area contributed by atoms with Crippen LogP contribution < -0.4 is 5.73 Å². The fraction of sp³-hybridized carbons (Fsp3) is 0.571. The van der Waals surface area contributed by atoms with Gasteiger partial charge in [0.2, 0.25) is 0 Å². The Balaban J connectivity index is 2.17. The Morgan fingerprint density at radius 1 is 1.35 bits per heavy atom. The molecule has 1 aromatic rings. The van der Waals surface area contributed by atoms with Crippen LogP contribution in [0.25, 0.3) is 0 Å². The molecule has 1 rings (SSSR count). The number of nitrogens with two attached hydrogens (primary N) is 1. The van der Waals surface area contributed by atoms with E-state index >= 15 is 0 Å². The third kappa shape index (κ3) is 6.06. The maximum atomic E-state index is 5.89. The van der Waals surface area contributed by atoms with Gasteiger partial charge in [-0.1, -0.05) is 37.6 Å². The molecule has 0 amide bonds. The van der Waals surface area contributed by atoms with Crippen molar-refractivity contribution in [3.8, 4) is 0 Å². The fourth-order valence-corrected chi connectivity index (χ4v) is 1.78. The second kappa shape index (κ2) is 7.00. The second-order valence-corrected chi connectivity index (χ2v) is 5.59. The van der Waals surface area contributed by atoms with Crippen LogP contribution in [0.3, 0.4) is 0 Å². The zero-order valence-electron chi connectivity index (χ0n) is 10.7. The minimum atomic E-state index is 0.222. The van der Waals surface area contributed by atoms with Gasteiger partial charge in [0.05, 0.1) is 6.61 Å². The topological polar surface area (TPSA) is 35.2 Å². The molecule has 0 unspecified atom stereocenters. The van der Waals surface area contributed by atoms with Gasteiger partial charge in [-0.2, -0.15) is 0 Å². The van der Waals surface area contributed by atoms with Crippen molar-refractivity contribution in [3.05, 3.63) is 34.9 Å². The molecule has 0 aliphatic carbocycles. The largest absolute Gasteiger partial charge is 0.377 e. The van der Waals surface area contributed by atoms with E-state index in [2.05, 4.69) is 13.8 Å². The van der Waals surface area contributed by atoms with Crippen LogP contribution in [0.4, 0.5) is 0 Å². The zero-order chi connectivity index (χ0) is 12.7. The zero-order valence-corrected chi connectivity index (χ0v) is 11.5. The SMILES string of the molecule is CC(C)(CN)CCCOCc1cccc(Cl)c1. The van der Waals surface area contributed by atoms with Crippen molar-refractivity contribution in [2.45, 2.75) is 33.3 Å². The molecule has 0 atom stereocenters. The molecule has 96 valence electrons. The van der Waals surface area contributed by atoms with E-state index in [0.29, 0.717) is 6.61 Å². The first-order valence-electron chi connectivity index (χ1n) is 6.06. The standard InChI is InChI=1S/C14H22ClNO/c1-14(2,11-16)7-4-8-17-10-12-5-3-6-13(15)9-12/h3,5-6,9H,4,7-8,10-11,16H2,1-2H3. The monoisotopic (exact) mass is 255 g/mol. The van der Waals surface area contributed by atoms with Gasteiger partial charge in [-0.3, -0.25) is 0 Å². The Kier molecular flexibility index (Phi) is 5.96. The van der Waals surface area contributed by atoms with Crippen molar-refractivity contribution >= 4 is 11.6 Å². The molecule has 0 fully saturated rings.